The lowest BCUT2D eigenvalue weighted by Crippen LogP contribution is -2.34. The second kappa shape index (κ2) is 9.49. The third-order valence-electron chi connectivity index (χ3n) is 3.16. The zero-order chi connectivity index (χ0) is 16.4. The van der Waals surface area contributed by atoms with Gasteiger partial charge in [-0.25, -0.2) is 0 Å². The summed E-state index contributed by atoms with van der Waals surface area (Å²) in [6.07, 6.45) is 14.8. The van der Waals surface area contributed by atoms with Crippen molar-refractivity contribution in [2.24, 2.45) is 0 Å². The fourth-order valence-corrected chi connectivity index (χ4v) is 3.94. The molecule has 0 aliphatic heterocycles. The number of terminal acetylenes is 2. The van der Waals surface area contributed by atoms with Crippen LogP contribution in [0.5, 0.6) is 0 Å². The number of rotatable bonds is 8. The van der Waals surface area contributed by atoms with Gasteiger partial charge in [0.2, 0.25) is 5.91 Å². The van der Waals surface area contributed by atoms with Crippen LogP contribution >= 0.6 is 7.60 Å². The Hall–Kier alpha value is -1.52. The molecule has 6 heteroatoms. The van der Waals surface area contributed by atoms with Gasteiger partial charge in [0.25, 0.3) is 0 Å². The first-order valence-electron chi connectivity index (χ1n) is 7.24. The van der Waals surface area contributed by atoms with Crippen LogP contribution < -0.4 is 5.32 Å². The summed E-state index contributed by atoms with van der Waals surface area (Å²) in [5, 5.41) is 3.49. The lowest BCUT2D eigenvalue weighted by molar-refractivity contribution is -0.119. The predicted octanol–water partition coefficient (Wildman–Crippen LogP) is 2.83. The van der Waals surface area contributed by atoms with E-state index in [1.54, 1.807) is 0 Å². The highest BCUT2D eigenvalue weighted by Gasteiger charge is 2.32. The first-order chi connectivity index (χ1) is 10.5. The van der Waals surface area contributed by atoms with E-state index < -0.39 is 7.60 Å². The molecule has 0 fully saturated rings. The van der Waals surface area contributed by atoms with Crippen molar-refractivity contribution in [1.29, 1.82) is 0 Å². The van der Waals surface area contributed by atoms with Gasteiger partial charge in [0.05, 0.1) is 13.2 Å². The number of hydrogen-bond donors (Lipinski definition) is 1. The van der Waals surface area contributed by atoms with Gasteiger partial charge in [-0.1, -0.05) is 6.08 Å². The van der Waals surface area contributed by atoms with Crippen molar-refractivity contribution < 1.29 is 18.4 Å². The summed E-state index contributed by atoms with van der Waals surface area (Å²) in [5.41, 5.74) is 0. The van der Waals surface area contributed by atoms with Crippen molar-refractivity contribution in [3.8, 4) is 24.7 Å². The summed E-state index contributed by atoms with van der Waals surface area (Å²) >= 11 is 0. The predicted molar refractivity (Wildman–Crippen MR) is 85.9 cm³/mol. The molecule has 0 aromatic carbocycles. The Balaban J connectivity index is 2.72. The number of amides is 1. The van der Waals surface area contributed by atoms with Crippen LogP contribution in [0.25, 0.3) is 0 Å². The van der Waals surface area contributed by atoms with E-state index in [9.17, 15) is 9.36 Å². The van der Waals surface area contributed by atoms with Crippen molar-refractivity contribution in [2.75, 3.05) is 13.2 Å². The Kier molecular flexibility index (Phi) is 7.99. The first kappa shape index (κ1) is 18.5. The fourth-order valence-electron chi connectivity index (χ4n) is 2.14. The molecule has 0 heterocycles. The molecule has 1 aliphatic rings. The molecule has 1 rings (SSSR count). The van der Waals surface area contributed by atoms with Crippen LogP contribution in [0.1, 0.15) is 39.0 Å². The number of nitrogens with one attached hydrogen (secondary N) is 1. The third kappa shape index (κ3) is 6.08. The highest BCUT2D eigenvalue weighted by Crippen LogP contribution is 2.58. The summed E-state index contributed by atoms with van der Waals surface area (Å²) in [5.74, 6) is 4.81. The molecule has 0 bridgehead atoms. The molecule has 0 saturated heterocycles. The highest BCUT2D eigenvalue weighted by molar-refractivity contribution is 7.58. The van der Waals surface area contributed by atoms with E-state index in [1.165, 1.54) is 6.92 Å². The minimum atomic E-state index is -3.36. The van der Waals surface area contributed by atoms with Gasteiger partial charge in [-0.05, 0) is 19.3 Å². The minimum absolute atomic E-state index is 0.0612. The second-order valence-electron chi connectivity index (χ2n) is 4.94. The van der Waals surface area contributed by atoms with Crippen molar-refractivity contribution in [1.82, 2.24) is 5.32 Å². The maximum absolute atomic E-state index is 12.9. The van der Waals surface area contributed by atoms with Crippen LogP contribution in [0.2, 0.25) is 0 Å². The number of carbonyl (C=O) groups excluding carboxylic acids is 1. The van der Waals surface area contributed by atoms with Gasteiger partial charge in [0.1, 0.15) is 0 Å². The normalized spacial score (nSPS) is 18.0. The maximum Gasteiger partial charge on any atom is 0.357 e. The van der Waals surface area contributed by atoms with Crippen molar-refractivity contribution in [3.05, 3.63) is 11.4 Å². The largest absolute Gasteiger partial charge is 0.357 e. The highest BCUT2D eigenvalue weighted by atomic mass is 31.2. The van der Waals surface area contributed by atoms with E-state index in [4.69, 9.17) is 21.9 Å². The van der Waals surface area contributed by atoms with Gasteiger partial charge in [0.15, 0.2) is 0 Å². The summed E-state index contributed by atoms with van der Waals surface area (Å²) < 4.78 is 23.8. The van der Waals surface area contributed by atoms with Crippen LogP contribution in [0.3, 0.4) is 0 Å². The first-order valence-corrected chi connectivity index (χ1v) is 8.79. The standard InChI is InChI=1S/C16H22NO4P/c1-4-6-12-20-22(19,21-13-7-5-2)16-10-8-15(9-11-16)17-14(3)18/h1-2,10,15H,6-9,11-13H2,3H3,(H,17,18)/t15-/m0/s1. The number of hydrogen-bond acceptors (Lipinski definition) is 4. The molecule has 0 radical (unpaired) electrons. The molecule has 0 aromatic rings. The molecule has 0 spiro atoms. The van der Waals surface area contributed by atoms with E-state index in [0.717, 1.165) is 0 Å². The fraction of sp³-hybridized carbons (Fsp3) is 0.562. The SMILES string of the molecule is C#CCCOP(=O)(OCCC#C)C1=CC[C@H](NC(C)=O)CC1. The monoisotopic (exact) mass is 323 g/mol. The molecule has 0 aromatic heterocycles. The van der Waals surface area contributed by atoms with Crippen molar-refractivity contribution in [3.63, 3.8) is 0 Å². The molecular formula is C16H22NO4P. The van der Waals surface area contributed by atoms with Crippen LogP contribution in [-0.4, -0.2) is 25.2 Å². The Labute approximate surface area is 132 Å². The molecular weight excluding hydrogens is 301 g/mol. The Morgan fingerprint density at radius 1 is 1.36 bits per heavy atom. The molecule has 1 aliphatic carbocycles. The number of allylic oxidation sites excluding steroid dienone is 1. The van der Waals surface area contributed by atoms with Crippen LogP contribution in [0.15, 0.2) is 11.4 Å². The van der Waals surface area contributed by atoms with Gasteiger partial charge in [-0.3, -0.25) is 9.36 Å². The van der Waals surface area contributed by atoms with E-state index in [2.05, 4.69) is 17.2 Å². The summed E-state index contributed by atoms with van der Waals surface area (Å²) in [6.45, 7) is 1.84. The van der Waals surface area contributed by atoms with Crippen LogP contribution in [0.4, 0.5) is 0 Å². The average molecular weight is 323 g/mol. The van der Waals surface area contributed by atoms with Crippen LogP contribution in [0, 0.1) is 24.7 Å². The molecule has 1 N–H and O–H groups in total. The summed E-state index contributed by atoms with van der Waals surface area (Å²) in [7, 11) is -3.36. The molecule has 22 heavy (non-hydrogen) atoms. The van der Waals surface area contributed by atoms with Crippen molar-refractivity contribution >= 4 is 13.5 Å². The maximum atomic E-state index is 12.9. The molecule has 0 saturated carbocycles. The lowest BCUT2D eigenvalue weighted by Gasteiger charge is -2.27. The molecule has 5 nitrogen and oxygen atoms in total. The molecule has 1 amide bonds. The third-order valence-corrected chi connectivity index (χ3v) is 5.32. The average Bonchev–Trinajstić information content (AvgIpc) is 2.48. The zero-order valence-electron chi connectivity index (χ0n) is 12.8. The van der Waals surface area contributed by atoms with Gasteiger partial charge in [0, 0.05) is 31.1 Å². The van der Waals surface area contributed by atoms with Gasteiger partial charge in [-0.15, -0.1) is 24.7 Å². The van der Waals surface area contributed by atoms with E-state index in [0.29, 0.717) is 37.4 Å². The second-order valence-corrected chi connectivity index (χ2v) is 7.03. The molecule has 120 valence electrons. The Morgan fingerprint density at radius 2 is 1.95 bits per heavy atom. The van der Waals surface area contributed by atoms with Crippen LogP contribution in [-0.2, 0) is 18.4 Å². The quantitative estimate of drug-likeness (QED) is 0.424. The topological polar surface area (TPSA) is 64.6 Å². The molecule has 0 unspecified atom stereocenters. The Bertz CT molecular complexity index is 517. The lowest BCUT2D eigenvalue weighted by atomic mass is 10.0. The minimum Gasteiger partial charge on any atom is -0.353 e. The van der Waals surface area contributed by atoms with E-state index >= 15 is 0 Å². The van der Waals surface area contributed by atoms with E-state index in [-0.39, 0.29) is 25.2 Å². The summed E-state index contributed by atoms with van der Waals surface area (Å²) in [4.78, 5) is 11.1. The Morgan fingerprint density at radius 3 is 2.36 bits per heavy atom. The van der Waals surface area contributed by atoms with Gasteiger partial charge < -0.3 is 14.4 Å². The molecule has 1 atom stereocenters. The summed E-state index contributed by atoms with van der Waals surface area (Å²) in [6, 6.07) is 0.0612. The van der Waals surface area contributed by atoms with Gasteiger partial charge >= 0.3 is 7.60 Å². The smallest absolute Gasteiger partial charge is 0.353 e. The van der Waals surface area contributed by atoms with Gasteiger partial charge in [-0.2, -0.15) is 0 Å². The van der Waals surface area contributed by atoms with Crippen molar-refractivity contribution in [2.45, 2.75) is 45.1 Å². The number of carbonyl (C=O) groups is 1. The van der Waals surface area contributed by atoms with E-state index in [1.807, 2.05) is 6.08 Å². The zero-order valence-corrected chi connectivity index (χ0v) is 13.7.